The Bertz CT molecular complexity index is 1220. The van der Waals surface area contributed by atoms with Gasteiger partial charge in [-0.15, -0.1) is 11.3 Å². The van der Waals surface area contributed by atoms with E-state index in [1.54, 1.807) is 22.0 Å². The van der Waals surface area contributed by atoms with Crippen molar-refractivity contribution < 1.29 is 4.79 Å². The van der Waals surface area contributed by atoms with Crippen LogP contribution in [0.2, 0.25) is 0 Å². The first-order chi connectivity index (χ1) is 15.1. The Kier molecular flexibility index (Phi) is 5.25. The largest absolute Gasteiger partial charge is 0.336 e. The molecule has 7 nitrogen and oxygen atoms in total. The zero-order chi connectivity index (χ0) is 21.4. The minimum Gasteiger partial charge on any atom is -0.336 e. The lowest BCUT2D eigenvalue weighted by molar-refractivity contribution is 0.0625. The van der Waals surface area contributed by atoms with Crippen LogP contribution in [0.4, 0.5) is 0 Å². The van der Waals surface area contributed by atoms with Crippen molar-refractivity contribution in [3.05, 3.63) is 70.6 Å². The third-order valence-electron chi connectivity index (χ3n) is 5.69. The Balaban J connectivity index is 1.22. The minimum absolute atomic E-state index is 0.0275. The summed E-state index contributed by atoms with van der Waals surface area (Å²) in [6.45, 7) is 7.73. The summed E-state index contributed by atoms with van der Waals surface area (Å²) in [7, 11) is 0. The Morgan fingerprint density at radius 3 is 2.65 bits per heavy atom. The lowest BCUT2D eigenvalue weighted by Gasteiger charge is -2.34. The van der Waals surface area contributed by atoms with Crippen molar-refractivity contribution >= 4 is 22.9 Å². The van der Waals surface area contributed by atoms with Crippen LogP contribution >= 0.6 is 11.3 Å². The average Bonchev–Trinajstić information content (AvgIpc) is 3.41. The first-order valence-electron chi connectivity index (χ1n) is 10.4. The van der Waals surface area contributed by atoms with Gasteiger partial charge in [-0.1, -0.05) is 30.3 Å². The van der Waals surface area contributed by atoms with E-state index in [2.05, 4.69) is 32.5 Å². The highest BCUT2D eigenvalue weighted by molar-refractivity contribution is 7.13. The molecule has 5 rings (SSSR count). The zero-order valence-electron chi connectivity index (χ0n) is 17.7. The van der Waals surface area contributed by atoms with Crippen LogP contribution in [0.3, 0.4) is 0 Å². The van der Waals surface area contributed by atoms with E-state index in [9.17, 15) is 4.79 Å². The summed E-state index contributed by atoms with van der Waals surface area (Å²) in [4.78, 5) is 26.6. The number of carbonyl (C=O) groups is 1. The van der Waals surface area contributed by atoms with Gasteiger partial charge in [0.1, 0.15) is 5.01 Å². The molecule has 0 aliphatic carbocycles. The van der Waals surface area contributed by atoms with E-state index in [0.717, 1.165) is 52.9 Å². The van der Waals surface area contributed by atoms with E-state index in [0.29, 0.717) is 18.7 Å². The van der Waals surface area contributed by atoms with Gasteiger partial charge in [0.05, 0.1) is 22.6 Å². The first kappa shape index (κ1) is 19.8. The summed E-state index contributed by atoms with van der Waals surface area (Å²) in [5.41, 5.74) is 5.36. The second-order valence-corrected chi connectivity index (χ2v) is 8.75. The SMILES string of the molecule is Cc1cc2ncc(C(=O)N3CCN(Cc4csc(-c5ccccc5)n4)CC3)c(C)n2n1. The second kappa shape index (κ2) is 8.20. The molecule has 0 bridgehead atoms. The standard InChI is InChI=1S/C23H24N6OS/c1-16-12-21-24-13-20(17(2)29(21)26-16)23(30)28-10-8-27(9-11-28)14-19-15-31-22(25-19)18-6-4-3-5-7-18/h3-7,12-13,15H,8-11,14H2,1-2H3. The van der Waals surface area contributed by atoms with Crippen molar-refractivity contribution in [2.24, 2.45) is 0 Å². The van der Waals surface area contributed by atoms with Crippen LogP contribution in [0.1, 0.15) is 27.4 Å². The molecule has 1 amide bonds. The van der Waals surface area contributed by atoms with Gasteiger partial charge in [0.25, 0.3) is 5.91 Å². The summed E-state index contributed by atoms with van der Waals surface area (Å²) >= 11 is 1.68. The maximum atomic E-state index is 13.1. The molecule has 0 spiro atoms. The lowest BCUT2D eigenvalue weighted by Crippen LogP contribution is -2.48. The molecule has 1 fully saturated rings. The van der Waals surface area contributed by atoms with Gasteiger partial charge in [0, 0.05) is 55.9 Å². The molecule has 0 atom stereocenters. The minimum atomic E-state index is 0.0275. The molecule has 3 aromatic heterocycles. The summed E-state index contributed by atoms with van der Waals surface area (Å²) in [5, 5.41) is 7.64. The van der Waals surface area contributed by atoms with Gasteiger partial charge in [-0.25, -0.2) is 14.5 Å². The number of thiazole rings is 1. The number of piperazine rings is 1. The van der Waals surface area contributed by atoms with Crippen LogP contribution in [0.5, 0.6) is 0 Å². The van der Waals surface area contributed by atoms with E-state index in [-0.39, 0.29) is 5.91 Å². The van der Waals surface area contributed by atoms with Crippen molar-refractivity contribution in [2.45, 2.75) is 20.4 Å². The molecule has 1 aliphatic heterocycles. The molecule has 1 aromatic carbocycles. The van der Waals surface area contributed by atoms with Gasteiger partial charge in [-0.2, -0.15) is 5.10 Å². The number of fused-ring (bicyclic) bond motifs is 1. The lowest BCUT2D eigenvalue weighted by atomic mass is 10.2. The Labute approximate surface area is 185 Å². The molecular weight excluding hydrogens is 408 g/mol. The van der Waals surface area contributed by atoms with E-state index in [1.807, 2.05) is 43.0 Å². The summed E-state index contributed by atoms with van der Waals surface area (Å²) < 4.78 is 1.76. The zero-order valence-corrected chi connectivity index (χ0v) is 18.5. The number of carbonyl (C=O) groups excluding carboxylic acids is 1. The molecule has 0 N–H and O–H groups in total. The first-order valence-corrected chi connectivity index (χ1v) is 11.3. The Morgan fingerprint density at radius 1 is 1.10 bits per heavy atom. The molecule has 0 unspecified atom stereocenters. The number of hydrogen-bond donors (Lipinski definition) is 0. The third-order valence-corrected chi connectivity index (χ3v) is 6.63. The van der Waals surface area contributed by atoms with Crippen molar-refractivity contribution in [1.29, 1.82) is 0 Å². The maximum Gasteiger partial charge on any atom is 0.257 e. The van der Waals surface area contributed by atoms with Crippen molar-refractivity contribution in [3.8, 4) is 10.6 Å². The number of aromatic nitrogens is 4. The van der Waals surface area contributed by atoms with Crippen LogP contribution in [0, 0.1) is 13.8 Å². The van der Waals surface area contributed by atoms with Gasteiger partial charge in [-0.3, -0.25) is 9.69 Å². The molecule has 0 radical (unpaired) electrons. The molecule has 158 valence electrons. The molecular formula is C23H24N6OS. The number of amides is 1. The Morgan fingerprint density at radius 2 is 1.87 bits per heavy atom. The predicted octanol–water partition coefficient (Wildman–Crippen LogP) is 3.43. The summed E-state index contributed by atoms with van der Waals surface area (Å²) in [6, 6.07) is 12.2. The maximum absolute atomic E-state index is 13.1. The highest BCUT2D eigenvalue weighted by Crippen LogP contribution is 2.24. The smallest absolute Gasteiger partial charge is 0.257 e. The summed E-state index contributed by atoms with van der Waals surface area (Å²) in [6.07, 6.45) is 1.68. The number of nitrogens with zero attached hydrogens (tertiary/aromatic N) is 6. The fourth-order valence-corrected chi connectivity index (χ4v) is 4.79. The Hall–Kier alpha value is -3.10. The highest BCUT2D eigenvalue weighted by Gasteiger charge is 2.25. The van der Waals surface area contributed by atoms with Crippen LogP contribution in [0.25, 0.3) is 16.2 Å². The molecule has 4 heterocycles. The average molecular weight is 433 g/mol. The van der Waals surface area contributed by atoms with Gasteiger partial charge in [0.2, 0.25) is 0 Å². The van der Waals surface area contributed by atoms with Crippen LogP contribution in [-0.4, -0.2) is 61.5 Å². The van der Waals surface area contributed by atoms with E-state index in [1.165, 1.54) is 0 Å². The normalized spacial score (nSPS) is 15.0. The van der Waals surface area contributed by atoms with E-state index >= 15 is 0 Å². The van der Waals surface area contributed by atoms with Crippen molar-refractivity contribution in [3.63, 3.8) is 0 Å². The number of rotatable bonds is 4. The molecule has 8 heteroatoms. The van der Waals surface area contributed by atoms with Gasteiger partial charge >= 0.3 is 0 Å². The van der Waals surface area contributed by atoms with Crippen LogP contribution in [-0.2, 0) is 6.54 Å². The van der Waals surface area contributed by atoms with Gasteiger partial charge in [-0.05, 0) is 13.8 Å². The number of aryl methyl sites for hydroxylation is 2. The predicted molar refractivity (Wildman–Crippen MR) is 121 cm³/mol. The summed E-state index contributed by atoms with van der Waals surface area (Å²) in [5.74, 6) is 0.0275. The van der Waals surface area contributed by atoms with E-state index in [4.69, 9.17) is 4.98 Å². The van der Waals surface area contributed by atoms with Crippen LogP contribution < -0.4 is 0 Å². The second-order valence-electron chi connectivity index (χ2n) is 7.89. The van der Waals surface area contributed by atoms with Crippen molar-refractivity contribution in [2.75, 3.05) is 26.2 Å². The third kappa shape index (κ3) is 3.96. The highest BCUT2D eigenvalue weighted by atomic mass is 32.1. The quantitative estimate of drug-likeness (QED) is 0.494. The van der Waals surface area contributed by atoms with Gasteiger partial charge < -0.3 is 4.90 Å². The molecule has 31 heavy (non-hydrogen) atoms. The molecule has 1 aliphatic rings. The monoisotopic (exact) mass is 432 g/mol. The van der Waals surface area contributed by atoms with Crippen molar-refractivity contribution in [1.82, 2.24) is 29.4 Å². The van der Waals surface area contributed by atoms with Gasteiger partial charge in [0.15, 0.2) is 5.65 Å². The topological polar surface area (TPSA) is 66.6 Å². The van der Waals surface area contributed by atoms with E-state index < -0.39 is 0 Å². The fraction of sp³-hybridized carbons (Fsp3) is 0.304. The van der Waals surface area contributed by atoms with Crippen LogP contribution in [0.15, 0.2) is 48.0 Å². The number of benzene rings is 1. The molecule has 0 saturated carbocycles. The fourth-order valence-electron chi connectivity index (χ4n) is 3.97. The molecule has 4 aromatic rings. The molecule has 1 saturated heterocycles. The number of hydrogen-bond acceptors (Lipinski definition) is 6.